The second-order valence-electron chi connectivity index (χ2n) is 7.52. The van der Waals surface area contributed by atoms with Crippen molar-refractivity contribution in [2.24, 2.45) is 4.99 Å². The molecule has 4 aromatic carbocycles. The Hall–Kier alpha value is -3.25. The molecule has 4 nitrogen and oxygen atoms in total. The Bertz CT molecular complexity index is 1460. The van der Waals surface area contributed by atoms with E-state index < -0.39 is 0 Å². The largest absolute Gasteiger partial charge is 0.488 e. The smallest absolute Gasteiger partial charge is 0.264 e. The number of nitrogens with one attached hydrogen (secondary N) is 1. The van der Waals surface area contributed by atoms with Crippen LogP contribution in [-0.2, 0) is 11.4 Å². The van der Waals surface area contributed by atoms with Crippen molar-refractivity contribution >= 4 is 68.6 Å². The number of amidine groups is 1. The molecule has 1 fully saturated rings. The van der Waals surface area contributed by atoms with Gasteiger partial charge in [-0.05, 0) is 52.4 Å². The molecular weight excluding hydrogens is 487 g/mol. The summed E-state index contributed by atoms with van der Waals surface area (Å²) >= 11 is 13.5. The van der Waals surface area contributed by atoms with Crippen LogP contribution in [-0.4, -0.2) is 11.1 Å². The molecule has 168 valence electrons. The summed E-state index contributed by atoms with van der Waals surface area (Å²) in [6.07, 6.45) is 1.81. The average molecular weight is 505 g/mol. The molecular formula is C27H18Cl2N2O2S. The molecule has 1 N–H and O–H groups in total. The minimum absolute atomic E-state index is 0.231. The number of carbonyl (C=O) groups is 1. The lowest BCUT2D eigenvalue weighted by molar-refractivity contribution is -0.115. The third-order valence-corrected chi connectivity index (χ3v) is 6.99. The SMILES string of the molecule is O=C1NC(=Nc2cccc(Cl)c2Cl)S/C1=C/c1ccccc1OCc1cccc2ccccc12. The molecule has 34 heavy (non-hydrogen) atoms. The Labute approximate surface area is 211 Å². The van der Waals surface area contributed by atoms with Crippen molar-refractivity contribution in [2.75, 3.05) is 0 Å². The van der Waals surface area contributed by atoms with Gasteiger partial charge >= 0.3 is 0 Å². The number of halogens is 2. The fourth-order valence-electron chi connectivity index (χ4n) is 3.61. The van der Waals surface area contributed by atoms with Gasteiger partial charge in [0.15, 0.2) is 5.17 Å². The van der Waals surface area contributed by atoms with E-state index in [0.717, 1.165) is 16.5 Å². The molecule has 1 aliphatic rings. The molecule has 1 amide bonds. The van der Waals surface area contributed by atoms with Crippen LogP contribution >= 0.6 is 35.0 Å². The van der Waals surface area contributed by atoms with E-state index in [-0.39, 0.29) is 5.91 Å². The van der Waals surface area contributed by atoms with Gasteiger partial charge in [-0.1, -0.05) is 89.9 Å². The summed E-state index contributed by atoms with van der Waals surface area (Å²) in [4.78, 5) is 17.5. The van der Waals surface area contributed by atoms with Gasteiger partial charge < -0.3 is 10.1 Å². The standard InChI is InChI=1S/C27H18Cl2N2O2S/c28-21-12-6-13-22(25(21)29)30-27-31-26(32)24(34-27)15-18-8-2-4-14-23(18)33-16-19-10-5-9-17-7-1-3-11-20(17)19/h1-15H,16H2,(H,30,31,32)/b24-15+. The highest BCUT2D eigenvalue weighted by molar-refractivity contribution is 8.18. The number of hydrogen-bond donors (Lipinski definition) is 1. The number of amides is 1. The fourth-order valence-corrected chi connectivity index (χ4v) is 4.78. The normalized spacial score (nSPS) is 15.8. The minimum Gasteiger partial charge on any atom is -0.488 e. The number of aliphatic imine (C=N–C) groups is 1. The summed E-state index contributed by atoms with van der Waals surface area (Å²) in [7, 11) is 0. The molecule has 0 atom stereocenters. The van der Waals surface area contributed by atoms with E-state index in [1.54, 1.807) is 24.3 Å². The number of carbonyl (C=O) groups excluding carboxylic acids is 1. The number of para-hydroxylation sites is 1. The van der Waals surface area contributed by atoms with E-state index in [1.807, 2.05) is 42.5 Å². The van der Waals surface area contributed by atoms with Crippen LogP contribution in [0.1, 0.15) is 11.1 Å². The molecule has 0 saturated carbocycles. The van der Waals surface area contributed by atoms with Gasteiger partial charge in [0.1, 0.15) is 12.4 Å². The molecule has 1 saturated heterocycles. The van der Waals surface area contributed by atoms with Gasteiger partial charge in [0.25, 0.3) is 5.91 Å². The molecule has 0 bridgehead atoms. The molecule has 5 rings (SSSR count). The Morgan fingerprint density at radius 3 is 2.59 bits per heavy atom. The molecule has 1 heterocycles. The zero-order chi connectivity index (χ0) is 23.5. The monoisotopic (exact) mass is 504 g/mol. The van der Waals surface area contributed by atoms with Crippen LogP contribution < -0.4 is 10.1 Å². The van der Waals surface area contributed by atoms with Gasteiger partial charge in [0.2, 0.25) is 0 Å². The van der Waals surface area contributed by atoms with Crippen molar-refractivity contribution in [3.63, 3.8) is 0 Å². The van der Waals surface area contributed by atoms with E-state index in [4.69, 9.17) is 27.9 Å². The first kappa shape index (κ1) is 22.5. The van der Waals surface area contributed by atoms with Gasteiger partial charge in [-0.25, -0.2) is 4.99 Å². The lowest BCUT2D eigenvalue weighted by Crippen LogP contribution is -2.19. The predicted octanol–water partition coefficient (Wildman–Crippen LogP) is 7.62. The number of hydrogen-bond acceptors (Lipinski definition) is 4. The predicted molar refractivity (Wildman–Crippen MR) is 142 cm³/mol. The number of thioether (sulfide) groups is 1. The van der Waals surface area contributed by atoms with Gasteiger partial charge in [0, 0.05) is 5.56 Å². The van der Waals surface area contributed by atoms with Gasteiger partial charge in [-0.3, -0.25) is 4.79 Å². The molecule has 0 spiro atoms. The highest BCUT2D eigenvalue weighted by atomic mass is 35.5. The lowest BCUT2D eigenvalue weighted by Gasteiger charge is -2.11. The van der Waals surface area contributed by atoms with Crippen LogP contribution in [0.25, 0.3) is 16.8 Å². The quantitative estimate of drug-likeness (QED) is 0.284. The Morgan fingerprint density at radius 1 is 0.912 bits per heavy atom. The Kier molecular flexibility index (Phi) is 6.59. The maximum Gasteiger partial charge on any atom is 0.264 e. The van der Waals surface area contributed by atoms with Crippen LogP contribution in [0.2, 0.25) is 10.0 Å². The van der Waals surface area contributed by atoms with Gasteiger partial charge in [-0.2, -0.15) is 0 Å². The number of nitrogens with zero attached hydrogens (tertiary/aromatic N) is 1. The summed E-state index contributed by atoms with van der Waals surface area (Å²) in [5.74, 6) is 0.463. The van der Waals surface area contributed by atoms with Gasteiger partial charge in [-0.15, -0.1) is 0 Å². The Balaban J connectivity index is 1.38. The van der Waals surface area contributed by atoms with Gasteiger partial charge in [0.05, 0.1) is 20.6 Å². The average Bonchev–Trinajstić information content (AvgIpc) is 3.20. The van der Waals surface area contributed by atoms with Crippen molar-refractivity contribution in [3.05, 3.63) is 111 Å². The highest BCUT2D eigenvalue weighted by Crippen LogP contribution is 2.35. The second-order valence-corrected chi connectivity index (χ2v) is 9.34. The summed E-state index contributed by atoms with van der Waals surface area (Å²) in [6.45, 7) is 0.418. The zero-order valence-corrected chi connectivity index (χ0v) is 20.1. The van der Waals surface area contributed by atoms with Crippen molar-refractivity contribution in [2.45, 2.75) is 6.61 Å². The maximum atomic E-state index is 12.6. The topological polar surface area (TPSA) is 50.7 Å². The van der Waals surface area contributed by atoms with Crippen molar-refractivity contribution in [1.29, 1.82) is 0 Å². The van der Waals surface area contributed by atoms with Crippen LogP contribution in [0, 0.1) is 0 Å². The van der Waals surface area contributed by atoms with E-state index >= 15 is 0 Å². The zero-order valence-electron chi connectivity index (χ0n) is 17.8. The molecule has 0 aliphatic carbocycles. The van der Waals surface area contributed by atoms with Crippen LogP contribution in [0.4, 0.5) is 5.69 Å². The number of fused-ring (bicyclic) bond motifs is 1. The van der Waals surface area contributed by atoms with Crippen LogP contribution in [0.5, 0.6) is 5.75 Å². The molecule has 4 aromatic rings. The second kappa shape index (κ2) is 9.94. The molecule has 0 aromatic heterocycles. The van der Waals surface area contributed by atoms with E-state index in [0.29, 0.717) is 38.2 Å². The van der Waals surface area contributed by atoms with Crippen molar-refractivity contribution < 1.29 is 9.53 Å². The fraction of sp³-hybridized carbons (Fsp3) is 0.0370. The third-order valence-electron chi connectivity index (χ3n) is 5.27. The van der Waals surface area contributed by atoms with Crippen LogP contribution in [0.3, 0.4) is 0 Å². The number of ether oxygens (including phenoxy) is 1. The highest BCUT2D eigenvalue weighted by Gasteiger charge is 2.24. The summed E-state index contributed by atoms with van der Waals surface area (Å²) in [5, 5.41) is 6.30. The van der Waals surface area contributed by atoms with E-state index in [9.17, 15) is 4.79 Å². The third kappa shape index (κ3) is 4.82. The molecule has 7 heteroatoms. The first-order valence-corrected chi connectivity index (χ1v) is 12.1. The van der Waals surface area contributed by atoms with Crippen molar-refractivity contribution in [1.82, 2.24) is 5.32 Å². The summed E-state index contributed by atoms with van der Waals surface area (Å²) in [5.41, 5.74) is 2.40. The summed E-state index contributed by atoms with van der Waals surface area (Å²) < 4.78 is 6.18. The maximum absolute atomic E-state index is 12.6. The molecule has 0 unspecified atom stereocenters. The molecule has 1 aliphatic heterocycles. The lowest BCUT2D eigenvalue weighted by atomic mass is 10.1. The summed E-state index contributed by atoms with van der Waals surface area (Å²) in [6, 6.07) is 27.2. The number of benzene rings is 4. The molecule has 0 radical (unpaired) electrons. The Morgan fingerprint density at radius 2 is 1.68 bits per heavy atom. The van der Waals surface area contributed by atoms with Crippen molar-refractivity contribution in [3.8, 4) is 5.75 Å². The van der Waals surface area contributed by atoms with Crippen LogP contribution in [0.15, 0.2) is 94.8 Å². The number of rotatable bonds is 5. The van der Waals surface area contributed by atoms with E-state index in [1.165, 1.54) is 17.1 Å². The first-order chi connectivity index (χ1) is 16.6. The first-order valence-electron chi connectivity index (χ1n) is 10.5. The van der Waals surface area contributed by atoms with E-state index in [2.05, 4.69) is 34.6 Å². The minimum atomic E-state index is -0.231.